The Hall–Kier alpha value is -2.40. The van der Waals surface area contributed by atoms with Gasteiger partial charge in [0.15, 0.2) is 17.5 Å². The molecular weight excluding hydrogens is 338 g/mol. The Labute approximate surface area is 153 Å². The summed E-state index contributed by atoms with van der Waals surface area (Å²) in [6, 6.07) is 14.2. The molecule has 0 aromatic heterocycles. The Bertz CT molecular complexity index is 735. The Morgan fingerprint density at radius 3 is 2.68 bits per heavy atom. The molecule has 2 aromatic rings. The Kier molecular flexibility index (Phi) is 6.01. The summed E-state index contributed by atoms with van der Waals surface area (Å²) < 4.78 is 11.1. The minimum Gasteiger partial charge on any atom is -0.486 e. The van der Waals surface area contributed by atoms with Gasteiger partial charge >= 0.3 is 0 Å². The van der Waals surface area contributed by atoms with Crippen molar-refractivity contribution in [2.24, 2.45) is 4.99 Å². The number of nitrogens with zero attached hydrogens (tertiary/aromatic N) is 1. The molecule has 0 aliphatic carbocycles. The van der Waals surface area contributed by atoms with Gasteiger partial charge < -0.3 is 20.1 Å². The first-order valence-electron chi connectivity index (χ1n) is 8.32. The summed E-state index contributed by atoms with van der Waals surface area (Å²) >= 11 is 6.27. The number of ether oxygens (including phenoxy) is 2. The second-order valence-corrected chi connectivity index (χ2v) is 6.10. The molecule has 0 spiro atoms. The van der Waals surface area contributed by atoms with Crippen molar-refractivity contribution in [1.82, 2.24) is 10.6 Å². The van der Waals surface area contributed by atoms with Gasteiger partial charge in [-0.3, -0.25) is 4.99 Å². The lowest BCUT2D eigenvalue weighted by Gasteiger charge is -2.20. The zero-order valence-electron chi connectivity index (χ0n) is 14.2. The van der Waals surface area contributed by atoms with Crippen LogP contribution in [0.5, 0.6) is 11.5 Å². The molecule has 25 heavy (non-hydrogen) atoms. The van der Waals surface area contributed by atoms with Gasteiger partial charge in [-0.15, -0.1) is 0 Å². The largest absolute Gasteiger partial charge is 0.486 e. The van der Waals surface area contributed by atoms with Crippen molar-refractivity contribution in [2.45, 2.75) is 13.0 Å². The molecule has 3 rings (SSSR count). The predicted octanol–water partition coefficient (Wildman–Crippen LogP) is 3.02. The lowest BCUT2D eigenvalue weighted by atomic mass is 10.1. The number of fused-ring (bicyclic) bond motifs is 1. The van der Waals surface area contributed by atoms with Crippen molar-refractivity contribution in [3.63, 3.8) is 0 Å². The first-order chi connectivity index (χ1) is 12.3. The first-order valence-corrected chi connectivity index (χ1v) is 8.70. The Balaban J connectivity index is 1.52. The molecule has 1 aliphatic heterocycles. The van der Waals surface area contributed by atoms with E-state index in [1.54, 1.807) is 7.05 Å². The molecule has 1 aliphatic rings. The molecule has 0 radical (unpaired) electrons. The van der Waals surface area contributed by atoms with Crippen molar-refractivity contribution < 1.29 is 9.47 Å². The molecule has 0 saturated heterocycles. The smallest absolute Gasteiger partial charge is 0.191 e. The molecule has 0 atom stereocenters. The summed E-state index contributed by atoms with van der Waals surface area (Å²) in [5, 5.41) is 7.18. The van der Waals surface area contributed by atoms with Gasteiger partial charge in [0.1, 0.15) is 13.2 Å². The maximum absolute atomic E-state index is 6.27. The van der Waals surface area contributed by atoms with Crippen LogP contribution in [-0.2, 0) is 13.0 Å². The lowest BCUT2D eigenvalue weighted by Crippen LogP contribution is -2.37. The highest BCUT2D eigenvalue weighted by Crippen LogP contribution is 2.38. The number of halogens is 1. The van der Waals surface area contributed by atoms with E-state index < -0.39 is 0 Å². The molecule has 132 valence electrons. The van der Waals surface area contributed by atoms with Crippen molar-refractivity contribution in [2.75, 3.05) is 26.8 Å². The third-order valence-corrected chi connectivity index (χ3v) is 4.17. The standard InChI is InChI=1S/C19H22ClN3O2/c1-21-19(22-8-7-14-5-3-2-4-6-14)23-13-15-11-16(20)18-17(12-15)24-9-10-25-18/h2-6,11-12H,7-10,13H2,1H3,(H2,21,22,23). The maximum Gasteiger partial charge on any atom is 0.191 e. The summed E-state index contributed by atoms with van der Waals surface area (Å²) in [4.78, 5) is 4.25. The zero-order chi connectivity index (χ0) is 17.5. The van der Waals surface area contributed by atoms with Crippen molar-refractivity contribution in [1.29, 1.82) is 0 Å². The molecule has 5 nitrogen and oxygen atoms in total. The van der Waals surface area contributed by atoms with E-state index in [2.05, 4.69) is 27.8 Å². The van der Waals surface area contributed by atoms with E-state index in [-0.39, 0.29) is 0 Å². The summed E-state index contributed by atoms with van der Waals surface area (Å²) in [6.07, 6.45) is 0.942. The van der Waals surface area contributed by atoms with Crippen molar-refractivity contribution in [3.8, 4) is 11.5 Å². The SMILES string of the molecule is CN=C(NCCc1ccccc1)NCc1cc(Cl)c2c(c1)OCCO2. The van der Waals surface area contributed by atoms with E-state index in [0.29, 0.717) is 36.3 Å². The number of hydrogen-bond acceptors (Lipinski definition) is 3. The Morgan fingerprint density at radius 2 is 1.88 bits per heavy atom. The fraction of sp³-hybridized carbons (Fsp3) is 0.316. The van der Waals surface area contributed by atoms with E-state index in [9.17, 15) is 0 Å². The minimum atomic E-state index is 0.530. The molecule has 0 fully saturated rings. The molecule has 6 heteroatoms. The van der Waals surface area contributed by atoms with Crippen LogP contribution in [0.4, 0.5) is 0 Å². The van der Waals surface area contributed by atoms with E-state index in [0.717, 1.165) is 24.5 Å². The topological polar surface area (TPSA) is 54.9 Å². The highest BCUT2D eigenvalue weighted by atomic mass is 35.5. The van der Waals surface area contributed by atoms with Crippen molar-refractivity contribution in [3.05, 3.63) is 58.6 Å². The quantitative estimate of drug-likeness (QED) is 0.636. The molecule has 2 aromatic carbocycles. The van der Waals surface area contributed by atoms with Gasteiger partial charge in [-0.2, -0.15) is 0 Å². The van der Waals surface area contributed by atoms with Crippen LogP contribution in [0, 0.1) is 0 Å². The average molecular weight is 360 g/mol. The van der Waals surface area contributed by atoms with Crippen LogP contribution in [0.15, 0.2) is 47.5 Å². The number of hydrogen-bond donors (Lipinski definition) is 2. The molecule has 0 bridgehead atoms. The molecule has 0 amide bonds. The van der Waals surface area contributed by atoms with Crippen LogP contribution in [0.1, 0.15) is 11.1 Å². The summed E-state index contributed by atoms with van der Waals surface area (Å²) in [5.74, 6) is 2.08. The molecular formula is C19H22ClN3O2. The summed E-state index contributed by atoms with van der Waals surface area (Å²) in [5.41, 5.74) is 2.31. The second-order valence-electron chi connectivity index (χ2n) is 5.69. The van der Waals surface area contributed by atoms with E-state index in [1.165, 1.54) is 5.56 Å². The normalized spacial score (nSPS) is 13.4. The fourth-order valence-electron chi connectivity index (χ4n) is 2.64. The number of guanidine groups is 1. The van der Waals surface area contributed by atoms with E-state index in [1.807, 2.05) is 30.3 Å². The monoisotopic (exact) mass is 359 g/mol. The predicted molar refractivity (Wildman–Crippen MR) is 101 cm³/mol. The average Bonchev–Trinajstić information content (AvgIpc) is 2.65. The van der Waals surface area contributed by atoms with Crippen LogP contribution < -0.4 is 20.1 Å². The Morgan fingerprint density at radius 1 is 1.08 bits per heavy atom. The molecule has 0 saturated carbocycles. The van der Waals surface area contributed by atoms with Gasteiger partial charge in [-0.1, -0.05) is 41.9 Å². The third-order valence-electron chi connectivity index (χ3n) is 3.89. The highest BCUT2D eigenvalue weighted by molar-refractivity contribution is 6.32. The number of rotatable bonds is 5. The van der Waals surface area contributed by atoms with Crippen LogP contribution in [0.2, 0.25) is 5.02 Å². The summed E-state index contributed by atoms with van der Waals surface area (Å²) in [7, 11) is 1.76. The molecule has 0 unspecified atom stereocenters. The van der Waals surface area contributed by atoms with Crippen LogP contribution in [0.3, 0.4) is 0 Å². The van der Waals surface area contributed by atoms with Crippen LogP contribution >= 0.6 is 11.6 Å². The maximum atomic E-state index is 6.27. The van der Waals surface area contributed by atoms with Gasteiger partial charge in [-0.05, 0) is 29.7 Å². The first kappa shape index (κ1) is 17.4. The van der Waals surface area contributed by atoms with Crippen LogP contribution in [0.25, 0.3) is 0 Å². The third kappa shape index (κ3) is 4.79. The second kappa shape index (κ2) is 8.62. The van der Waals surface area contributed by atoms with E-state index in [4.69, 9.17) is 21.1 Å². The molecule has 1 heterocycles. The number of aliphatic imine (C=N–C) groups is 1. The lowest BCUT2D eigenvalue weighted by molar-refractivity contribution is 0.171. The number of benzene rings is 2. The highest BCUT2D eigenvalue weighted by Gasteiger charge is 2.16. The van der Waals surface area contributed by atoms with Gasteiger partial charge in [0.05, 0.1) is 5.02 Å². The molecule has 2 N–H and O–H groups in total. The zero-order valence-corrected chi connectivity index (χ0v) is 15.0. The minimum absolute atomic E-state index is 0.530. The van der Waals surface area contributed by atoms with E-state index >= 15 is 0 Å². The van der Waals surface area contributed by atoms with Crippen molar-refractivity contribution >= 4 is 17.6 Å². The van der Waals surface area contributed by atoms with Gasteiger partial charge in [0.2, 0.25) is 0 Å². The van der Waals surface area contributed by atoms with Gasteiger partial charge in [0.25, 0.3) is 0 Å². The van der Waals surface area contributed by atoms with Gasteiger partial charge in [-0.25, -0.2) is 0 Å². The summed E-state index contributed by atoms with van der Waals surface area (Å²) in [6.45, 7) is 2.48. The number of nitrogens with one attached hydrogen (secondary N) is 2. The fourth-order valence-corrected chi connectivity index (χ4v) is 2.93. The van der Waals surface area contributed by atoms with Crippen LogP contribution in [-0.4, -0.2) is 32.8 Å². The van der Waals surface area contributed by atoms with Gasteiger partial charge in [0, 0.05) is 20.1 Å².